The van der Waals surface area contributed by atoms with Gasteiger partial charge in [0.2, 0.25) is 5.88 Å². The standard InChI is InChI=1S/C14H18N4O2S/c1-10(6-11-4-5-21-8-11)18(2)14(19)17-12-7-13(20-3)16-9-15-12/h4-5,7-10H,6H2,1-3H3,(H,15,16,17,19)/t10-/m1/s1. The lowest BCUT2D eigenvalue weighted by atomic mass is 10.1. The maximum Gasteiger partial charge on any atom is 0.323 e. The minimum atomic E-state index is -0.210. The van der Waals surface area contributed by atoms with Gasteiger partial charge in [0, 0.05) is 19.2 Å². The minimum Gasteiger partial charge on any atom is -0.481 e. The third kappa shape index (κ3) is 4.16. The van der Waals surface area contributed by atoms with E-state index in [1.807, 2.05) is 12.3 Å². The van der Waals surface area contributed by atoms with Crippen molar-refractivity contribution in [3.63, 3.8) is 0 Å². The first-order valence-electron chi connectivity index (χ1n) is 6.51. The topological polar surface area (TPSA) is 67.3 Å². The number of nitrogens with zero attached hydrogens (tertiary/aromatic N) is 3. The Morgan fingerprint density at radius 1 is 1.52 bits per heavy atom. The molecule has 0 saturated heterocycles. The maximum atomic E-state index is 12.2. The number of nitrogens with one attached hydrogen (secondary N) is 1. The van der Waals surface area contributed by atoms with Crippen LogP contribution in [0.1, 0.15) is 12.5 Å². The van der Waals surface area contributed by atoms with Crippen LogP contribution >= 0.6 is 11.3 Å². The molecule has 7 heteroatoms. The monoisotopic (exact) mass is 306 g/mol. The van der Waals surface area contributed by atoms with Gasteiger partial charge in [-0.2, -0.15) is 11.3 Å². The largest absolute Gasteiger partial charge is 0.481 e. The van der Waals surface area contributed by atoms with Crippen molar-refractivity contribution in [3.8, 4) is 5.88 Å². The van der Waals surface area contributed by atoms with Gasteiger partial charge in [0.1, 0.15) is 12.1 Å². The average molecular weight is 306 g/mol. The van der Waals surface area contributed by atoms with Crippen molar-refractivity contribution in [2.45, 2.75) is 19.4 Å². The van der Waals surface area contributed by atoms with E-state index in [1.165, 1.54) is 19.0 Å². The van der Waals surface area contributed by atoms with Gasteiger partial charge in [0.15, 0.2) is 0 Å². The molecule has 0 radical (unpaired) electrons. The zero-order chi connectivity index (χ0) is 15.2. The fraction of sp³-hybridized carbons (Fsp3) is 0.357. The number of urea groups is 1. The van der Waals surface area contributed by atoms with Crippen molar-refractivity contribution in [3.05, 3.63) is 34.8 Å². The highest BCUT2D eigenvalue weighted by molar-refractivity contribution is 7.07. The first-order chi connectivity index (χ1) is 10.1. The molecule has 0 saturated carbocycles. The van der Waals surface area contributed by atoms with Gasteiger partial charge in [-0.25, -0.2) is 14.8 Å². The summed E-state index contributed by atoms with van der Waals surface area (Å²) in [5.74, 6) is 0.829. The predicted octanol–water partition coefficient (Wildman–Crippen LogP) is 2.64. The fourth-order valence-corrected chi connectivity index (χ4v) is 2.49. The van der Waals surface area contributed by atoms with Gasteiger partial charge >= 0.3 is 6.03 Å². The molecule has 21 heavy (non-hydrogen) atoms. The third-order valence-corrected chi connectivity index (χ3v) is 3.91. The second kappa shape index (κ2) is 7.03. The van der Waals surface area contributed by atoms with Gasteiger partial charge in [-0.15, -0.1) is 0 Å². The first-order valence-corrected chi connectivity index (χ1v) is 7.45. The molecule has 1 atom stereocenters. The SMILES string of the molecule is COc1cc(NC(=O)N(C)[C@H](C)Cc2ccsc2)ncn1. The van der Waals surface area contributed by atoms with E-state index in [9.17, 15) is 4.79 Å². The summed E-state index contributed by atoms with van der Waals surface area (Å²) in [6.45, 7) is 2.01. The molecule has 0 spiro atoms. The molecule has 2 rings (SSSR count). The smallest absolute Gasteiger partial charge is 0.323 e. The van der Waals surface area contributed by atoms with E-state index >= 15 is 0 Å². The van der Waals surface area contributed by atoms with E-state index in [-0.39, 0.29) is 12.1 Å². The second-order valence-electron chi connectivity index (χ2n) is 4.67. The Morgan fingerprint density at radius 2 is 2.33 bits per heavy atom. The first kappa shape index (κ1) is 15.2. The van der Waals surface area contributed by atoms with E-state index < -0.39 is 0 Å². The Labute approximate surface area is 127 Å². The number of amides is 2. The highest BCUT2D eigenvalue weighted by Gasteiger charge is 2.17. The van der Waals surface area contributed by atoms with Crippen molar-refractivity contribution in [2.24, 2.45) is 0 Å². The van der Waals surface area contributed by atoms with Crippen LogP contribution in [0, 0.1) is 0 Å². The van der Waals surface area contributed by atoms with Crippen LogP contribution in [0.15, 0.2) is 29.2 Å². The predicted molar refractivity (Wildman–Crippen MR) is 82.9 cm³/mol. The molecule has 0 aromatic carbocycles. The van der Waals surface area contributed by atoms with Gasteiger partial charge in [0.25, 0.3) is 0 Å². The van der Waals surface area contributed by atoms with Gasteiger partial charge in [-0.3, -0.25) is 5.32 Å². The number of hydrogen-bond donors (Lipinski definition) is 1. The number of ether oxygens (including phenoxy) is 1. The van der Waals surface area contributed by atoms with Crippen molar-refractivity contribution < 1.29 is 9.53 Å². The Bertz CT molecular complexity index is 588. The quantitative estimate of drug-likeness (QED) is 0.922. The molecular weight excluding hydrogens is 288 g/mol. The molecule has 2 amide bonds. The number of rotatable bonds is 5. The lowest BCUT2D eigenvalue weighted by molar-refractivity contribution is 0.207. The van der Waals surface area contributed by atoms with Crippen LogP contribution in [0.3, 0.4) is 0 Å². The summed E-state index contributed by atoms with van der Waals surface area (Å²) in [5, 5.41) is 6.87. The zero-order valence-corrected chi connectivity index (χ0v) is 13.1. The van der Waals surface area contributed by atoms with Crippen molar-refractivity contribution in [1.82, 2.24) is 14.9 Å². The molecule has 0 aliphatic rings. The number of hydrogen-bond acceptors (Lipinski definition) is 5. The summed E-state index contributed by atoms with van der Waals surface area (Å²) in [6, 6.07) is 3.53. The maximum absolute atomic E-state index is 12.2. The van der Waals surface area contributed by atoms with Crippen molar-refractivity contribution in [2.75, 3.05) is 19.5 Å². The van der Waals surface area contributed by atoms with Crippen LogP contribution in [0.5, 0.6) is 5.88 Å². The number of carbonyl (C=O) groups excluding carboxylic acids is 1. The summed E-state index contributed by atoms with van der Waals surface area (Å²) in [5.41, 5.74) is 1.23. The number of carbonyl (C=O) groups is 1. The van der Waals surface area contributed by atoms with Gasteiger partial charge in [-0.05, 0) is 35.7 Å². The Hall–Kier alpha value is -2.15. The van der Waals surface area contributed by atoms with E-state index in [4.69, 9.17) is 4.74 Å². The normalized spacial score (nSPS) is 11.8. The van der Waals surface area contributed by atoms with Crippen LogP contribution < -0.4 is 10.1 Å². The average Bonchev–Trinajstić information content (AvgIpc) is 2.99. The molecule has 0 aliphatic carbocycles. The molecule has 6 nitrogen and oxygen atoms in total. The molecular formula is C14H18N4O2S. The second-order valence-corrected chi connectivity index (χ2v) is 5.45. The molecule has 2 aromatic heterocycles. The van der Waals surface area contributed by atoms with Crippen molar-refractivity contribution >= 4 is 23.2 Å². The van der Waals surface area contributed by atoms with Gasteiger partial charge in [-0.1, -0.05) is 0 Å². The molecule has 1 N–H and O–H groups in total. The fourth-order valence-electron chi connectivity index (χ4n) is 1.80. The highest BCUT2D eigenvalue weighted by atomic mass is 32.1. The molecule has 0 fully saturated rings. The number of anilines is 1. The zero-order valence-electron chi connectivity index (χ0n) is 12.2. The molecule has 0 bridgehead atoms. The number of thiophene rings is 1. The van der Waals surface area contributed by atoms with Crippen LogP contribution in [0.4, 0.5) is 10.6 Å². The molecule has 0 unspecified atom stereocenters. The molecule has 112 valence electrons. The van der Waals surface area contributed by atoms with Crippen molar-refractivity contribution in [1.29, 1.82) is 0 Å². The summed E-state index contributed by atoms with van der Waals surface area (Å²) < 4.78 is 5.00. The van der Waals surface area contributed by atoms with E-state index in [2.05, 4.69) is 26.7 Å². The summed E-state index contributed by atoms with van der Waals surface area (Å²) in [4.78, 5) is 21.8. The summed E-state index contributed by atoms with van der Waals surface area (Å²) >= 11 is 1.66. The number of methoxy groups -OCH3 is 1. The van der Waals surface area contributed by atoms with Crippen LogP contribution in [0.2, 0.25) is 0 Å². The van der Waals surface area contributed by atoms with Crippen LogP contribution in [-0.2, 0) is 6.42 Å². The van der Waals surface area contributed by atoms with E-state index in [1.54, 1.807) is 29.4 Å². The molecule has 2 aromatic rings. The minimum absolute atomic E-state index is 0.0864. The third-order valence-electron chi connectivity index (χ3n) is 3.18. The summed E-state index contributed by atoms with van der Waals surface area (Å²) in [7, 11) is 3.29. The Balaban J connectivity index is 1.95. The van der Waals surface area contributed by atoms with Crippen LogP contribution in [0.25, 0.3) is 0 Å². The van der Waals surface area contributed by atoms with Crippen LogP contribution in [-0.4, -0.2) is 41.1 Å². The number of aromatic nitrogens is 2. The highest BCUT2D eigenvalue weighted by Crippen LogP contribution is 2.14. The van der Waals surface area contributed by atoms with Gasteiger partial charge in [0.05, 0.1) is 7.11 Å². The lowest BCUT2D eigenvalue weighted by Crippen LogP contribution is -2.39. The molecule has 2 heterocycles. The van der Waals surface area contributed by atoms with E-state index in [0.717, 1.165) is 6.42 Å². The Kier molecular flexibility index (Phi) is 5.10. The lowest BCUT2D eigenvalue weighted by Gasteiger charge is -2.24. The number of likely N-dealkylation sites (N-methyl/N-ethyl adjacent to an activating group) is 1. The summed E-state index contributed by atoms with van der Waals surface area (Å²) in [6.07, 6.45) is 2.17. The Morgan fingerprint density at radius 3 is 3.00 bits per heavy atom. The molecule has 0 aliphatic heterocycles. The van der Waals surface area contributed by atoms with E-state index in [0.29, 0.717) is 11.7 Å². The van der Waals surface area contributed by atoms with Gasteiger partial charge < -0.3 is 9.64 Å².